The Kier molecular flexibility index (Phi) is 3.93. The Morgan fingerprint density at radius 3 is 2.27 bits per heavy atom. The summed E-state index contributed by atoms with van der Waals surface area (Å²) in [5.41, 5.74) is 0.358. The molecule has 0 heterocycles. The zero-order valence-corrected chi connectivity index (χ0v) is 10.8. The molecular formula is C13H25NO. The van der Waals surface area contributed by atoms with Gasteiger partial charge in [0.15, 0.2) is 5.78 Å². The Labute approximate surface area is 94.0 Å². The van der Waals surface area contributed by atoms with Gasteiger partial charge in [-0.15, -0.1) is 0 Å². The summed E-state index contributed by atoms with van der Waals surface area (Å²) in [6.45, 7) is 6.74. The third-order valence-corrected chi connectivity index (χ3v) is 3.39. The van der Waals surface area contributed by atoms with Crippen LogP contribution in [-0.4, -0.2) is 30.8 Å². The van der Waals surface area contributed by atoms with Gasteiger partial charge in [-0.25, -0.2) is 0 Å². The smallest absolute Gasteiger partial charge is 0.153 e. The number of Topliss-reactive ketones (excluding diaryl/α,β-unsaturated/α-hetero) is 1. The Hall–Kier alpha value is -0.370. The fraction of sp³-hybridized carbons (Fsp3) is 0.923. The van der Waals surface area contributed by atoms with E-state index in [1.165, 1.54) is 0 Å². The third kappa shape index (κ3) is 3.60. The molecule has 0 aromatic carbocycles. The molecule has 2 atom stereocenters. The van der Waals surface area contributed by atoms with Crippen molar-refractivity contribution in [2.45, 2.75) is 52.5 Å². The van der Waals surface area contributed by atoms with Crippen LogP contribution < -0.4 is 0 Å². The van der Waals surface area contributed by atoms with Crippen LogP contribution in [0.3, 0.4) is 0 Å². The van der Waals surface area contributed by atoms with Crippen molar-refractivity contribution in [1.82, 2.24) is 4.90 Å². The second-order valence-electron chi connectivity index (χ2n) is 6.26. The highest BCUT2D eigenvalue weighted by Gasteiger charge is 2.35. The number of hydrogen-bond acceptors (Lipinski definition) is 2. The lowest BCUT2D eigenvalue weighted by Gasteiger charge is -2.21. The minimum atomic E-state index is 0.190. The van der Waals surface area contributed by atoms with E-state index in [2.05, 4.69) is 25.7 Å². The van der Waals surface area contributed by atoms with E-state index < -0.39 is 0 Å². The van der Waals surface area contributed by atoms with Crippen LogP contribution in [-0.2, 0) is 4.79 Å². The van der Waals surface area contributed by atoms with Crippen LogP contribution in [0.15, 0.2) is 0 Å². The van der Waals surface area contributed by atoms with Crippen molar-refractivity contribution in [1.29, 1.82) is 0 Å². The van der Waals surface area contributed by atoms with Gasteiger partial charge in [-0.1, -0.05) is 20.8 Å². The lowest BCUT2D eigenvalue weighted by molar-refractivity contribution is -0.124. The maximum atomic E-state index is 12.0. The van der Waals surface area contributed by atoms with Crippen molar-refractivity contribution in [2.24, 2.45) is 11.3 Å². The first-order valence-electron chi connectivity index (χ1n) is 6.01. The highest BCUT2D eigenvalue weighted by molar-refractivity contribution is 5.88. The average molecular weight is 211 g/mol. The maximum Gasteiger partial charge on any atom is 0.153 e. The number of likely N-dealkylation sites (N-methyl/N-ethyl adjacent to an activating group) is 1. The van der Waals surface area contributed by atoms with Crippen LogP contribution in [0.5, 0.6) is 0 Å². The number of ketones is 1. The summed E-state index contributed by atoms with van der Waals surface area (Å²) in [7, 11) is 4.02. The van der Waals surface area contributed by atoms with Gasteiger partial charge < -0.3 is 0 Å². The predicted molar refractivity (Wildman–Crippen MR) is 63.9 cm³/mol. The van der Waals surface area contributed by atoms with Crippen molar-refractivity contribution < 1.29 is 4.79 Å². The van der Waals surface area contributed by atoms with E-state index in [-0.39, 0.29) is 6.04 Å². The molecule has 2 heteroatoms. The zero-order chi connectivity index (χ0) is 11.6. The number of nitrogens with zero attached hydrogens (tertiary/aromatic N) is 1. The molecule has 1 aliphatic carbocycles. The van der Waals surface area contributed by atoms with Gasteiger partial charge in [0.2, 0.25) is 0 Å². The highest BCUT2D eigenvalue weighted by atomic mass is 16.1. The fourth-order valence-electron chi connectivity index (χ4n) is 2.32. The topological polar surface area (TPSA) is 20.3 Å². The first-order chi connectivity index (χ1) is 6.81. The lowest BCUT2D eigenvalue weighted by Crippen LogP contribution is -2.33. The second-order valence-corrected chi connectivity index (χ2v) is 6.26. The minimum absolute atomic E-state index is 0.190. The van der Waals surface area contributed by atoms with Crippen LogP contribution in [0.2, 0.25) is 0 Å². The molecule has 0 aromatic rings. The van der Waals surface area contributed by atoms with Gasteiger partial charge in [-0.2, -0.15) is 0 Å². The van der Waals surface area contributed by atoms with E-state index in [0.717, 1.165) is 25.7 Å². The quantitative estimate of drug-likeness (QED) is 0.715. The largest absolute Gasteiger partial charge is 0.300 e. The molecule has 0 aliphatic heterocycles. The lowest BCUT2D eigenvalue weighted by atomic mass is 9.86. The van der Waals surface area contributed by atoms with Gasteiger partial charge in [-0.05, 0) is 45.2 Å². The van der Waals surface area contributed by atoms with E-state index in [4.69, 9.17) is 0 Å². The van der Waals surface area contributed by atoms with Gasteiger partial charge in [-0.3, -0.25) is 9.69 Å². The van der Waals surface area contributed by atoms with Crippen molar-refractivity contribution in [3.63, 3.8) is 0 Å². The van der Waals surface area contributed by atoms with Gasteiger partial charge in [0.25, 0.3) is 0 Å². The van der Waals surface area contributed by atoms with E-state index in [1.54, 1.807) is 0 Å². The Balaban J connectivity index is 2.43. The number of rotatable bonds is 3. The molecular weight excluding hydrogens is 186 g/mol. The summed E-state index contributed by atoms with van der Waals surface area (Å²) in [6.07, 6.45) is 4.38. The number of hydrogen-bond donors (Lipinski definition) is 0. The third-order valence-electron chi connectivity index (χ3n) is 3.39. The van der Waals surface area contributed by atoms with E-state index in [1.807, 2.05) is 14.1 Å². The fourth-order valence-corrected chi connectivity index (χ4v) is 2.32. The highest BCUT2D eigenvalue weighted by Crippen LogP contribution is 2.32. The normalized spacial score (nSPS) is 27.7. The molecule has 1 fully saturated rings. The maximum absolute atomic E-state index is 12.0. The first kappa shape index (κ1) is 12.7. The summed E-state index contributed by atoms with van der Waals surface area (Å²) in [4.78, 5) is 14.1. The Bertz CT molecular complexity index is 227. The molecule has 1 aliphatic rings. The number of carbonyl (C=O) groups excluding carboxylic acids is 1. The molecule has 0 spiro atoms. The van der Waals surface area contributed by atoms with Crippen LogP contribution in [0, 0.1) is 11.3 Å². The summed E-state index contributed by atoms with van der Waals surface area (Å²) in [6, 6.07) is 0.190. The molecule has 2 unspecified atom stereocenters. The Morgan fingerprint density at radius 2 is 1.87 bits per heavy atom. The molecule has 2 nitrogen and oxygen atoms in total. The van der Waals surface area contributed by atoms with Crippen LogP contribution in [0.25, 0.3) is 0 Å². The standard InChI is InChI=1S/C13H25NO/c1-13(2,3)9-8-10-6-7-11(12(10)15)14(4)5/h10-11H,6-9H2,1-5H3. The monoisotopic (exact) mass is 211 g/mol. The summed E-state index contributed by atoms with van der Waals surface area (Å²) in [5, 5.41) is 0. The van der Waals surface area contributed by atoms with E-state index >= 15 is 0 Å². The predicted octanol–water partition coefficient (Wildman–Crippen LogP) is 2.72. The van der Waals surface area contributed by atoms with Crippen LogP contribution in [0.1, 0.15) is 46.5 Å². The molecule has 1 rings (SSSR count). The van der Waals surface area contributed by atoms with Gasteiger partial charge >= 0.3 is 0 Å². The summed E-state index contributed by atoms with van der Waals surface area (Å²) in [5.74, 6) is 0.806. The molecule has 1 saturated carbocycles. The average Bonchev–Trinajstić information content (AvgIpc) is 2.42. The van der Waals surface area contributed by atoms with Crippen LogP contribution in [0.4, 0.5) is 0 Å². The molecule has 0 amide bonds. The van der Waals surface area contributed by atoms with Gasteiger partial charge in [0, 0.05) is 5.92 Å². The van der Waals surface area contributed by atoms with Crippen molar-refractivity contribution in [2.75, 3.05) is 14.1 Å². The van der Waals surface area contributed by atoms with Crippen LogP contribution >= 0.6 is 0 Å². The van der Waals surface area contributed by atoms with Crippen molar-refractivity contribution in [3.8, 4) is 0 Å². The molecule has 0 radical (unpaired) electrons. The van der Waals surface area contributed by atoms with E-state index in [0.29, 0.717) is 17.1 Å². The second kappa shape index (κ2) is 4.65. The zero-order valence-electron chi connectivity index (χ0n) is 10.8. The van der Waals surface area contributed by atoms with Gasteiger partial charge in [0.05, 0.1) is 6.04 Å². The van der Waals surface area contributed by atoms with E-state index in [9.17, 15) is 4.79 Å². The molecule has 88 valence electrons. The molecule has 0 saturated heterocycles. The van der Waals surface area contributed by atoms with Crippen molar-refractivity contribution in [3.05, 3.63) is 0 Å². The van der Waals surface area contributed by atoms with Crippen molar-refractivity contribution >= 4 is 5.78 Å². The van der Waals surface area contributed by atoms with Gasteiger partial charge in [0.1, 0.15) is 0 Å². The summed E-state index contributed by atoms with van der Waals surface area (Å²) >= 11 is 0. The first-order valence-corrected chi connectivity index (χ1v) is 6.01. The molecule has 0 N–H and O–H groups in total. The molecule has 15 heavy (non-hydrogen) atoms. The summed E-state index contributed by atoms with van der Waals surface area (Å²) < 4.78 is 0. The SMILES string of the molecule is CN(C)C1CCC(CCC(C)(C)C)C1=O. The minimum Gasteiger partial charge on any atom is -0.300 e. The number of carbonyl (C=O) groups is 1. The Morgan fingerprint density at radius 1 is 1.27 bits per heavy atom. The molecule has 0 bridgehead atoms. The molecule has 0 aromatic heterocycles.